The topological polar surface area (TPSA) is 12.0 Å². The molecular weight excluding hydrogens is 158 g/mol. The first-order chi connectivity index (χ1) is 3.77. The quantitative estimate of drug-likeness (QED) is 0.331. The zero-order chi connectivity index (χ0) is 6.41. The summed E-state index contributed by atoms with van der Waals surface area (Å²) >= 11 is 12.5. The van der Waals surface area contributed by atoms with E-state index in [9.17, 15) is 0 Å². The number of thiocarbonyl (C=S) groups is 1. The zero-order valence-corrected chi connectivity index (χ0v) is 7.03. The molecule has 0 aliphatic carbocycles. The van der Waals surface area contributed by atoms with Crippen molar-refractivity contribution < 1.29 is 0 Å². The van der Waals surface area contributed by atoms with Gasteiger partial charge >= 0.3 is 0 Å². The Morgan fingerprint density at radius 2 is 2.25 bits per heavy atom. The molecular formula is C4H9NS3. The highest BCUT2D eigenvalue weighted by molar-refractivity contribution is 8.11. The molecule has 0 bridgehead atoms. The Morgan fingerprint density at radius 1 is 1.62 bits per heavy atom. The molecule has 0 amide bonds. The molecule has 0 aromatic heterocycles. The maximum Gasteiger partial charge on any atom is 0.130 e. The third-order valence-electron chi connectivity index (χ3n) is 0.611. The lowest BCUT2D eigenvalue weighted by Crippen LogP contribution is -2.17. The molecule has 0 saturated heterocycles. The van der Waals surface area contributed by atoms with Gasteiger partial charge in [0.2, 0.25) is 0 Å². The lowest BCUT2D eigenvalue weighted by molar-refractivity contribution is 0.865. The van der Waals surface area contributed by atoms with Gasteiger partial charge in [0.05, 0.1) is 0 Å². The van der Waals surface area contributed by atoms with Crippen molar-refractivity contribution >= 4 is 41.8 Å². The number of hydrogen-bond donors (Lipinski definition) is 3. The van der Waals surface area contributed by atoms with Crippen LogP contribution >= 0.6 is 37.5 Å². The van der Waals surface area contributed by atoms with Gasteiger partial charge in [0.25, 0.3) is 0 Å². The van der Waals surface area contributed by atoms with Crippen LogP contribution in [0.3, 0.4) is 0 Å². The van der Waals surface area contributed by atoms with Crippen LogP contribution < -0.4 is 5.32 Å². The number of nitrogens with one attached hydrogen (secondary N) is 1. The molecule has 0 aromatic carbocycles. The summed E-state index contributed by atoms with van der Waals surface area (Å²) in [5, 5.41) is 2.89. The molecule has 0 aliphatic heterocycles. The first kappa shape index (κ1) is 8.59. The van der Waals surface area contributed by atoms with Gasteiger partial charge in [-0.05, 0) is 12.2 Å². The van der Waals surface area contributed by atoms with Gasteiger partial charge in [0.15, 0.2) is 0 Å². The molecule has 0 rings (SSSR count). The van der Waals surface area contributed by atoms with Crippen molar-refractivity contribution in [1.29, 1.82) is 0 Å². The van der Waals surface area contributed by atoms with Crippen LogP contribution in [-0.4, -0.2) is 16.6 Å². The van der Waals surface area contributed by atoms with Crippen LogP contribution in [0.4, 0.5) is 0 Å². The van der Waals surface area contributed by atoms with Crippen molar-refractivity contribution in [2.24, 2.45) is 0 Å². The summed E-state index contributed by atoms with van der Waals surface area (Å²) in [7, 11) is 0. The van der Waals surface area contributed by atoms with E-state index < -0.39 is 0 Å². The smallest absolute Gasteiger partial charge is 0.130 e. The Bertz CT molecular complexity index is 73.7. The highest BCUT2D eigenvalue weighted by atomic mass is 32.1. The molecule has 0 aromatic rings. The second kappa shape index (κ2) is 5.72. The van der Waals surface area contributed by atoms with Gasteiger partial charge in [0.1, 0.15) is 4.32 Å². The van der Waals surface area contributed by atoms with Crippen molar-refractivity contribution in [3.63, 3.8) is 0 Å². The Kier molecular flexibility index (Phi) is 6.14. The average Bonchev–Trinajstić information content (AvgIpc) is 1.66. The molecule has 4 heteroatoms. The lowest BCUT2D eigenvalue weighted by Gasteiger charge is -1.98. The van der Waals surface area contributed by atoms with E-state index in [1.165, 1.54) is 0 Å². The second-order valence-electron chi connectivity index (χ2n) is 1.31. The van der Waals surface area contributed by atoms with E-state index in [1.807, 2.05) is 0 Å². The number of hydrogen-bond acceptors (Lipinski definition) is 2. The third kappa shape index (κ3) is 6.59. The minimum atomic E-state index is 0.562. The zero-order valence-electron chi connectivity index (χ0n) is 4.42. The van der Waals surface area contributed by atoms with Crippen LogP contribution in [0.25, 0.3) is 0 Å². The van der Waals surface area contributed by atoms with Crippen molar-refractivity contribution in [3.8, 4) is 0 Å². The minimum absolute atomic E-state index is 0.562. The Labute approximate surface area is 66.1 Å². The molecule has 0 saturated carbocycles. The fourth-order valence-corrected chi connectivity index (χ4v) is 0.646. The molecule has 0 spiro atoms. The highest BCUT2D eigenvalue weighted by Gasteiger charge is 1.83. The summed E-state index contributed by atoms with van der Waals surface area (Å²) in [6.07, 6.45) is 1.03. The fourth-order valence-electron chi connectivity index (χ4n) is 0.274. The van der Waals surface area contributed by atoms with Gasteiger partial charge in [-0.3, -0.25) is 0 Å². The number of rotatable bonds is 3. The SMILES string of the molecule is S=C(S)NCCCS. The van der Waals surface area contributed by atoms with Gasteiger partial charge in [0, 0.05) is 6.54 Å². The van der Waals surface area contributed by atoms with Crippen LogP contribution in [0.1, 0.15) is 6.42 Å². The molecule has 1 nitrogen and oxygen atoms in total. The van der Waals surface area contributed by atoms with Gasteiger partial charge < -0.3 is 5.32 Å². The Balaban J connectivity index is 2.82. The maximum absolute atomic E-state index is 4.64. The predicted octanol–water partition coefficient (Wildman–Crippen LogP) is 1.11. The second-order valence-corrected chi connectivity index (χ2v) is 2.91. The molecule has 8 heavy (non-hydrogen) atoms. The largest absolute Gasteiger partial charge is 0.371 e. The van der Waals surface area contributed by atoms with Crippen LogP contribution in [0.15, 0.2) is 0 Å². The van der Waals surface area contributed by atoms with Gasteiger partial charge in [-0.15, -0.1) is 12.6 Å². The lowest BCUT2D eigenvalue weighted by atomic mass is 10.5. The highest BCUT2D eigenvalue weighted by Crippen LogP contribution is 1.82. The van der Waals surface area contributed by atoms with Gasteiger partial charge in [-0.25, -0.2) is 0 Å². The first-order valence-electron chi connectivity index (χ1n) is 2.35. The van der Waals surface area contributed by atoms with E-state index in [0.29, 0.717) is 4.32 Å². The average molecular weight is 167 g/mol. The van der Waals surface area contributed by atoms with Gasteiger partial charge in [-0.1, -0.05) is 12.2 Å². The van der Waals surface area contributed by atoms with Crippen molar-refractivity contribution in [2.45, 2.75) is 6.42 Å². The van der Waals surface area contributed by atoms with Crippen LogP contribution in [0.2, 0.25) is 0 Å². The van der Waals surface area contributed by atoms with E-state index in [2.05, 4.69) is 42.8 Å². The molecule has 0 unspecified atom stereocenters. The third-order valence-corrected chi connectivity index (χ3v) is 1.23. The molecule has 1 N–H and O–H groups in total. The van der Waals surface area contributed by atoms with E-state index in [4.69, 9.17) is 0 Å². The van der Waals surface area contributed by atoms with E-state index in [0.717, 1.165) is 18.7 Å². The monoisotopic (exact) mass is 167 g/mol. The first-order valence-corrected chi connectivity index (χ1v) is 3.84. The summed E-state index contributed by atoms with van der Waals surface area (Å²) in [6, 6.07) is 0. The summed E-state index contributed by atoms with van der Waals surface area (Å²) in [6.45, 7) is 0.881. The molecule has 0 heterocycles. The fraction of sp³-hybridized carbons (Fsp3) is 0.750. The van der Waals surface area contributed by atoms with Crippen molar-refractivity contribution in [3.05, 3.63) is 0 Å². The molecule has 0 radical (unpaired) electrons. The van der Waals surface area contributed by atoms with Crippen molar-refractivity contribution in [1.82, 2.24) is 5.32 Å². The summed E-state index contributed by atoms with van der Waals surface area (Å²) in [5.74, 6) is 0.892. The Hall–Kier alpha value is 0.590. The van der Waals surface area contributed by atoms with Crippen LogP contribution in [0, 0.1) is 0 Å². The number of thiol groups is 2. The van der Waals surface area contributed by atoms with E-state index >= 15 is 0 Å². The molecule has 0 atom stereocenters. The van der Waals surface area contributed by atoms with E-state index in [1.54, 1.807) is 0 Å². The standard InChI is InChI=1S/C4H9NS3/c6-3-1-2-5-4(7)8/h6H,1-3H2,(H2,5,7,8). The maximum atomic E-state index is 4.64. The van der Waals surface area contributed by atoms with Crippen molar-refractivity contribution in [2.75, 3.05) is 12.3 Å². The minimum Gasteiger partial charge on any atom is -0.371 e. The predicted molar refractivity (Wildman–Crippen MR) is 48.1 cm³/mol. The molecule has 0 fully saturated rings. The summed E-state index contributed by atoms with van der Waals surface area (Å²) < 4.78 is 0.562. The van der Waals surface area contributed by atoms with Crippen LogP contribution in [-0.2, 0) is 0 Å². The van der Waals surface area contributed by atoms with Gasteiger partial charge in [-0.2, -0.15) is 12.6 Å². The summed E-state index contributed by atoms with van der Waals surface area (Å²) in [5.41, 5.74) is 0. The van der Waals surface area contributed by atoms with Crippen LogP contribution in [0.5, 0.6) is 0 Å². The molecule has 48 valence electrons. The normalized spacial score (nSPS) is 8.75. The Morgan fingerprint density at radius 3 is 2.62 bits per heavy atom. The molecule has 0 aliphatic rings. The van der Waals surface area contributed by atoms with E-state index in [-0.39, 0.29) is 0 Å². The summed E-state index contributed by atoms with van der Waals surface area (Å²) in [4.78, 5) is 0.